The molecular weight excluding hydrogens is 286 g/mol. The number of benzene rings is 1. The maximum atomic E-state index is 12.6. The van der Waals surface area contributed by atoms with Crippen molar-refractivity contribution in [1.29, 1.82) is 0 Å². The second kappa shape index (κ2) is 10.3. The molecule has 0 radical (unpaired) electrons. The Hall–Kier alpha value is -1.45. The number of hydroxylamine groups is 2. The third kappa shape index (κ3) is 6.67. The minimum absolute atomic E-state index is 0.0413. The van der Waals surface area contributed by atoms with Gasteiger partial charge in [-0.25, -0.2) is 0 Å². The largest absolute Gasteiger partial charge is 0.299 e. The Morgan fingerprint density at radius 1 is 1.26 bits per heavy atom. The van der Waals surface area contributed by atoms with Crippen molar-refractivity contribution in [1.82, 2.24) is 5.06 Å². The molecule has 1 heterocycles. The molecule has 126 valence electrons. The molecule has 0 bridgehead atoms. The van der Waals surface area contributed by atoms with E-state index in [1.165, 1.54) is 12.8 Å². The molecular formula is C20H29NO2. The molecule has 0 aromatic heterocycles. The van der Waals surface area contributed by atoms with E-state index in [0.717, 1.165) is 50.9 Å². The van der Waals surface area contributed by atoms with Crippen molar-refractivity contribution >= 4 is 11.9 Å². The average molecular weight is 315 g/mol. The van der Waals surface area contributed by atoms with Crippen molar-refractivity contribution in [3.63, 3.8) is 0 Å². The van der Waals surface area contributed by atoms with E-state index in [9.17, 15) is 4.79 Å². The van der Waals surface area contributed by atoms with E-state index < -0.39 is 0 Å². The molecule has 1 fully saturated rings. The lowest BCUT2D eigenvalue weighted by Crippen LogP contribution is -2.36. The molecule has 1 aliphatic rings. The van der Waals surface area contributed by atoms with Crippen LogP contribution in [0.4, 0.5) is 0 Å². The molecule has 1 aromatic carbocycles. The molecule has 1 aromatic rings. The Kier molecular flexibility index (Phi) is 8.05. The van der Waals surface area contributed by atoms with Crippen LogP contribution in [0.15, 0.2) is 36.4 Å². The van der Waals surface area contributed by atoms with Gasteiger partial charge < -0.3 is 0 Å². The van der Waals surface area contributed by atoms with Crippen LogP contribution in [0.25, 0.3) is 6.08 Å². The predicted octanol–water partition coefficient (Wildman–Crippen LogP) is 4.49. The van der Waals surface area contributed by atoms with Gasteiger partial charge >= 0.3 is 0 Å². The maximum Gasteiger partial charge on any atom is 0.160 e. The summed E-state index contributed by atoms with van der Waals surface area (Å²) in [5.41, 5.74) is 1.07. The highest BCUT2D eigenvalue weighted by Gasteiger charge is 2.21. The Morgan fingerprint density at radius 2 is 2.09 bits per heavy atom. The van der Waals surface area contributed by atoms with Crippen LogP contribution in [0.2, 0.25) is 0 Å². The van der Waals surface area contributed by atoms with Crippen LogP contribution in [0, 0.1) is 5.92 Å². The highest BCUT2D eigenvalue weighted by atomic mass is 16.7. The number of allylic oxidation sites excluding steroid dienone is 1. The zero-order chi connectivity index (χ0) is 16.3. The van der Waals surface area contributed by atoms with E-state index in [4.69, 9.17) is 4.84 Å². The second-order valence-electron chi connectivity index (χ2n) is 6.27. The van der Waals surface area contributed by atoms with Crippen molar-refractivity contribution in [2.24, 2.45) is 5.92 Å². The van der Waals surface area contributed by atoms with E-state index in [2.05, 4.69) is 6.92 Å². The zero-order valence-electron chi connectivity index (χ0n) is 14.2. The summed E-state index contributed by atoms with van der Waals surface area (Å²) in [7, 11) is 0. The van der Waals surface area contributed by atoms with Gasteiger partial charge in [0.05, 0.1) is 6.61 Å². The van der Waals surface area contributed by atoms with Crippen molar-refractivity contribution in [2.45, 2.75) is 45.4 Å². The van der Waals surface area contributed by atoms with Gasteiger partial charge in [0.25, 0.3) is 0 Å². The lowest BCUT2D eigenvalue weighted by Gasteiger charge is -2.29. The zero-order valence-corrected chi connectivity index (χ0v) is 14.2. The van der Waals surface area contributed by atoms with E-state index >= 15 is 0 Å². The highest BCUT2D eigenvalue weighted by molar-refractivity contribution is 5.95. The molecule has 1 atom stereocenters. The van der Waals surface area contributed by atoms with Gasteiger partial charge in [0.2, 0.25) is 0 Å². The quantitative estimate of drug-likeness (QED) is 0.496. The normalized spacial score (nSPS) is 17.4. The number of ketones is 1. The standard InChI is InChI=1S/C20H29NO2/c1-2-3-5-12-19(17-21-15-8-9-16-23-21)20(22)14-13-18-10-6-4-7-11-18/h4,6-7,10-11,13-14,19H,2-3,5,8-9,12,15-17H2,1H3/b14-13+. The molecule has 1 saturated heterocycles. The van der Waals surface area contributed by atoms with Gasteiger partial charge in [-0.15, -0.1) is 0 Å². The van der Waals surface area contributed by atoms with Gasteiger partial charge in [0.1, 0.15) is 0 Å². The third-order valence-corrected chi connectivity index (χ3v) is 4.30. The summed E-state index contributed by atoms with van der Waals surface area (Å²) in [5.74, 6) is 0.263. The summed E-state index contributed by atoms with van der Waals surface area (Å²) < 4.78 is 0. The Morgan fingerprint density at radius 3 is 2.78 bits per heavy atom. The van der Waals surface area contributed by atoms with Gasteiger partial charge in [0, 0.05) is 19.0 Å². The van der Waals surface area contributed by atoms with Crippen LogP contribution < -0.4 is 0 Å². The number of carbonyl (C=O) groups is 1. The van der Waals surface area contributed by atoms with Gasteiger partial charge in [-0.05, 0) is 30.9 Å². The molecule has 3 nitrogen and oxygen atoms in total. The van der Waals surface area contributed by atoms with Gasteiger partial charge in [0.15, 0.2) is 5.78 Å². The number of unbranched alkanes of at least 4 members (excludes halogenated alkanes) is 2. The van der Waals surface area contributed by atoms with E-state index in [1.54, 1.807) is 6.08 Å². The van der Waals surface area contributed by atoms with Crippen LogP contribution in [-0.2, 0) is 9.63 Å². The summed E-state index contributed by atoms with van der Waals surface area (Å²) in [5, 5.41) is 1.99. The smallest absolute Gasteiger partial charge is 0.160 e. The number of carbonyl (C=O) groups excluding carboxylic acids is 1. The summed E-state index contributed by atoms with van der Waals surface area (Å²) in [6, 6.07) is 10.0. The molecule has 1 unspecified atom stereocenters. The molecule has 0 saturated carbocycles. The topological polar surface area (TPSA) is 29.5 Å². The molecule has 1 aliphatic heterocycles. The minimum atomic E-state index is 0.0413. The summed E-state index contributed by atoms with van der Waals surface area (Å²) in [6.45, 7) is 4.65. The average Bonchev–Trinajstić information content (AvgIpc) is 2.61. The molecule has 0 N–H and O–H groups in total. The Balaban J connectivity index is 1.93. The first-order valence-electron chi connectivity index (χ1n) is 8.94. The Labute approximate surface area is 140 Å². The van der Waals surface area contributed by atoms with Crippen LogP contribution in [0.1, 0.15) is 51.0 Å². The third-order valence-electron chi connectivity index (χ3n) is 4.30. The van der Waals surface area contributed by atoms with Crippen molar-refractivity contribution in [3.05, 3.63) is 42.0 Å². The first kappa shape index (κ1) is 17.9. The van der Waals surface area contributed by atoms with Crippen LogP contribution in [-0.4, -0.2) is 30.5 Å². The monoisotopic (exact) mass is 315 g/mol. The fourth-order valence-corrected chi connectivity index (χ4v) is 2.88. The number of rotatable bonds is 9. The van der Waals surface area contributed by atoms with Crippen LogP contribution >= 0.6 is 0 Å². The molecule has 3 heteroatoms. The van der Waals surface area contributed by atoms with E-state index in [1.807, 2.05) is 41.5 Å². The van der Waals surface area contributed by atoms with Crippen LogP contribution in [0.3, 0.4) is 0 Å². The summed E-state index contributed by atoms with van der Waals surface area (Å²) in [4.78, 5) is 18.3. The van der Waals surface area contributed by atoms with Gasteiger partial charge in [-0.2, -0.15) is 5.06 Å². The van der Waals surface area contributed by atoms with Gasteiger partial charge in [-0.1, -0.05) is 62.6 Å². The first-order chi connectivity index (χ1) is 11.3. The van der Waals surface area contributed by atoms with Crippen molar-refractivity contribution < 1.29 is 9.63 Å². The number of nitrogens with zero attached hydrogens (tertiary/aromatic N) is 1. The minimum Gasteiger partial charge on any atom is -0.299 e. The van der Waals surface area contributed by atoms with Crippen molar-refractivity contribution in [3.8, 4) is 0 Å². The molecule has 0 aliphatic carbocycles. The highest BCUT2D eigenvalue weighted by Crippen LogP contribution is 2.17. The lowest BCUT2D eigenvalue weighted by molar-refractivity contribution is -0.187. The van der Waals surface area contributed by atoms with E-state index in [0.29, 0.717) is 0 Å². The molecule has 0 spiro atoms. The van der Waals surface area contributed by atoms with Crippen LogP contribution in [0.5, 0.6) is 0 Å². The second-order valence-corrected chi connectivity index (χ2v) is 6.27. The molecule has 23 heavy (non-hydrogen) atoms. The summed E-state index contributed by atoms with van der Waals surface area (Å²) >= 11 is 0. The fourth-order valence-electron chi connectivity index (χ4n) is 2.88. The predicted molar refractivity (Wildman–Crippen MR) is 94.9 cm³/mol. The van der Waals surface area contributed by atoms with Crippen molar-refractivity contribution in [2.75, 3.05) is 19.7 Å². The SMILES string of the molecule is CCCCCC(CN1CCCCO1)C(=O)/C=C/c1ccccc1. The number of hydrogen-bond donors (Lipinski definition) is 0. The Bertz CT molecular complexity index is 478. The first-order valence-corrected chi connectivity index (χ1v) is 8.94. The number of hydrogen-bond acceptors (Lipinski definition) is 3. The lowest BCUT2D eigenvalue weighted by atomic mass is 9.95. The van der Waals surface area contributed by atoms with Gasteiger partial charge in [-0.3, -0.25) is 9.63 Å². The molecule has 2 rings (SSSR count). The van der Waals surface area contributed by atoms with E-state index in [-0.39, 0.29) is 11.7 Å². The molecule has 0 amide bonds. The summed E-state index contributed by atoms with van der Waals surface area (Å²) in [6.07, 6.45) is 10.4. The fraction of sp³-hybridized carbons (Fsp3) is 0.550. The maximum absolute atomic E-state index is 12.6.